The summed E-state index contributed by atoms with van der Waals surface area (Å²) in [6.07, 6.45) is 3.03. The third kappa shape index (κ3) is 3.38. The van der Waals surface area contributed by atoms with Gasteiger partial charge in [0.25, 0.3) is 0 Å². The second-order valence-corrected chi connectivity index (χ2v) is 5.14. The Morgan fingerprint density at radius 1 is 1.42 bits per heavy atom. The van der Waals surface area contributed by atoms with Crippen LogP contribution in [0.15, 0.2) is 30.3 Å². The van der Waals surface area contributed by atoms with Crippen molar-refractivity contribution < 1.29 is 9.90 Å². The Morgan fingerprint density at radius 3 is 2.95 bits per heavy atom. The number of fused-ring (bicyclic) bond motifs is 1. The number of hydrogen-bond acceptors (Lipinski definition) is 4. The van der Waals surface area contributed by atoms with Crippen molar-refractivity contribution in [3.05, 3.63) is 35.9 Å². The Morgan fingerprint density at radius 2 is 2.21 bits per heavy atom. The number of para-hydroxylation sites is 1. The number of rotatable bonds is 6. The van der Waals surface area contributed by atoms with Crippen molar-refractivity contribution in [2.24, 2.45) is 0 Å². The number of aromatic carboxylic acids is 1. The topological polar surface area (TPSA) is 62.2 Å². The van der Waals surface area contributed by atoms with Crippen LogP contribution in [0.5, 0.6) is 0 Å². The van der Waals surface area contributed by atoms with Crippen molar-refractivity contribution in [2.45, 2.75) is 6.42 Å². The Bertz CT molecular complexity index is 587. The molecular weight excluding hydrogens is 260 g/mol. The van der Waals surface area contributed by atoms with Crippen molar-refractivity contribution >= 4 is 34.5 Å². The molecule has 0 bridgehead atoms. The Hall–Kier alpha value is -1.75. The fourth-order valence-corrected chi connectivity index (χ4v) is 2.27. The largest absolute Gasteiger partial charge is 0.478 e. The lowest BCUT2D eigenvalue weighted by atomic mass is 10.1. The Labute approximate surface area is 116 Å². The zero-order chi connectivity index (χ0) is 13.7. The molecule has 0 radical (unpaired) electrons. The number of carboxylic acid groups (broad SMARTS) is 1. The van der Waals surface area contributed by atoms with E-state index in [9.17, 15) is 9.90 Å². The highest BCUT2D eigenvalue weighted by molar-refractivity contribution is 7.98. The summed E-state index contributed by atoms with van der Waals surface area (Å²) in [4.78, 5) is 15.7. The van der Waals surface area contributed by atoms with Gasteiger partial charge in [0.1, 0.15) is 11.4 Å². The van der Waals surface area contributed by atoms with Crippen molar-refractivity contribution in [2.75, 3.05) is 23.9 Å². The third-order valence-corrected chi connectivity index (χ3v) is 3.47. The van der Waals surface area contributed by atoms with Crippen molar-refractivity contribution in [1.82, 2.24) is 4.98 Å². The van der Waals surface area contributed by atoms with E-state index in [1.54, 1.807) is 17.8 Å². The molecule has 1 heterocycles. The van der Waals surface area contributed by atoms with Gasteiger partial charge in [0, 0.05) is 11.9 Å². The molecule has 0 aliphatic carbocycles. The van der Waals surface area contributed by atoms with Crippen LogP contribution in [0.2, 0.25) is 0 Å². The van der Waals surface area contributed by atoms with Crippen LogP contribution in [-0.4, -0.2) is 34.6 Å². The third-order valence-electron chi connectivity index (χ3n) is 2.77. The number of anilines is 1. The van der Waals surface area contributed by atoms with E-state index >= 15 is 0 Å². The summed E-state index contributed by atoms with van der Waals surface area (Å²) in [6.45, 7) is 0.729. The SMILES string of the molecule is CSCCCNc1nc2ccccc2cc1C(=O)O. The number of nitrogens with one attached hydrogen (secondary N) is 1. The maximum atomic E-state index is 11.3. The zero-order valence-electron chi connectivity index (χ0n) is 10.7. The van der Waals surface area contributed by atoms with Crippen LogP contribution in [0.3, 0.4) is 0 Å². The normalized spacial score (nSPS) is 10.6. The monoisotopic (exact) mass is 276 g/mol. The highest BCUT2D eigenvalue weighted by Crippen LogP contribution is 2.20. The number of carboxylic acids is 1. The lowest BCUT2D eigenvalue weighted by Crippen LogP contribution is -2.10. The molecule has 0 aliphatic heterocycles. The second-order valence-electron chi connectivity index (χ2n) is 4.16. The Kier molecular flexibility index (Phi) is 4.63. The van der Waals surface area contributed by atoms with E-state index in [0.29, 0.717) is 5.82 Å². The number of hydrogen-bond donors (Lipinski definition) is 2. The molecular formula is C14H16N2O2S. The number of nitrogens with zero attached hydrogens (tertiary/aromatic N) is 1. The van der Waals surface area contributed by atoms with Gasteiger partial charge >= 0.3 is 5.97 Å². The van der Waals surface area contributed by atoms with Gasteiger partial charge < -0.3 is 10.4 Å². The maximum absolute atomic E-state index is 11.3. The number of pyridine rings is 1. The smallest absolute Gasteiger partial charge is 0.339 e. The molecule has 0 aliphatic rings. The van der Waals surface area contributed by atoms with E-state index in [1.165, 1.54) is 0 Å². The molecule has 1 aromatic carbocycles. The molecule has 0 fully saturated rings. The molecule has 2 N–H and O–H groups in total. The fourth-order valence-electron chi connectivity index (χ4n) is 1.84. The number of carbonyl (C=O) groups is 1. The lowest BCUT2D eigenvalue weighted by molar-refractivity contribution is 0.0698. The van der Waals surface area contributed by atoms with Crippen LogP contribution in [0.4, 0.5) is 5.82 Å². The van der Waals surface area contributed by atoms with E-state index in [2.05, 4.69) is 16.6 Å². The first-order valence-corrected chi connectivity index (χ1v) is 7.47. The minimum Gasteiger partial charge on any atom is -0.478 e. The summed E-state index contributed by atoms with van der Waals surface area (Å²) in [5, 5.41) is 13.2. The molecule has 0 saturated heterocycles. The molecule has 0 amide bonds. The number of aromatic nitrogens is 1. The first-order valence-electron chi connectivity index (χ1n) is 6.08. The molecule has 2 rings (SSSR count). The first kappa shape index (κ1) is 13.7. The Balaban J connectivity index is 2.28. The fraction of sp³-hybridized carbons (Fsp3) is 0.286. The molecule has 5 heteroatoms. The van der Waals surface area contributed by atoms with Crippen LogP contribution in [-0.2, 0) is 0 Å². The van der Waals surface area contributed by atoms with E-state index in [-0.39, 0.29) is 5.56 Å². The van der Waals surface area contributed by atoms with Crippen molar-refractivity contribution in [3.8, 4) is 0 Å². The van der Waals surface area contributed by atoms with Gasteiger partial charge in [0.2, 0.25) is 0 Å². The maximum Gasteiger partial charge on any atom is 0.339 e. The molecule has 19 heavy (non-hydrogen) atoms. The molecule has 2 aromatic rings. The van der Waals surface area contributed by atoms with E-state index in [4.69, 9.17) is 0 Å². The van der Waals surface area contributed by atoms with Gasteiger partial charge in [-0.25, -0.2) is 9.78 Å². The molecule has 1 aromatic heterocycles. The van der Waals surface area contributed by atoms with Crippen molar-refractivity contribution in [3.63, 3.8) is 0 Å². The van der Waals surface area contributed by atoms with Crippen molar-refractivity contribution in [1.29, 1.82) is 0 Å². The highest BCUT2D eigenvalue weighted by atomic mass is 32.2. The minimum atomic E-state index is -0.953. The quantitative estimate of drug-likeness (QED) is 0.794. The summed E-state index contributed by atoms with van der Waals surface area (Å²) in [5.41, 5.74) is 1.03. The van der Waals surface area contributed by atoms with E-state index < -0.39 is 5.97 Å². The zero-order valence-corrected chi connectivity index (χ0v) is 11.5. The lowest BCUT2D eigenvalue weighted by Gasteiger charge is -2.09. The number of benzene rings is 1. The molecule has 0 atom stereocenters. The summed E-state index contributed by atoms with van der Waals surface area (Å²) >= 11 is 1.77. The minimum absolute atomic E-state index is 0.225. The molecule has 4 nitrogen and oxygen atoms in total. The second kappa shape index (κ2) is 6.43. The van der Waals surface area contributed by atoms with E-state index in [0.717, 1.165) is 29.6 Å². The predicted molar refractivity (Wildman–Crippen MR) is 80.2 cm³/mol. The van der Waals surface area contributed by atoms with Gasteiger partial charge in [-0.05, 0) is 30.6 Å². The summed E-state index contributed by atoms with van der Waals surface area (Å²) in [6, 6.07) is 9.19. The predicted octanol–water partition coefficient (Wildman–Crippen LogP) is 3.10. The average molecular weight is 276 g/mol. The van der Waals surface area contributed by atoms with E-state index in [1.807, 2.05) is 24.3 Å². The van der Waals surface area contributed by atoms with Crippen LogP contribution < -0.4 is 5.32 Å². The standard InChI is InChI=1S/C14H16N2O2S/c1-19-8-4-7-15-13-11(14(17)18)9-10-5-2-3-6-12(10)16-13/h2-3,5-6,9H,4,7-8H2,1H3,(H,15,16)(H,17,18). The van der Waals surface area contributed by atoms with Gasteiger partial charge in [-0.1, -0.05) is 18.2 Å². The molecule has 0 spiro atoms. The first-order chi connectivity index (χ1) is 9.22. The highest BCUT2D eigenvalue weighted by Gasteiger charge is 2.12. The molecule has 100 valence electrons. The van der Waals surface area contributed by atoms with Gasteiger partial charge in [0.05, 0.1) is 5.52 Å². The average Bonchev–Trinajstić information content (AvgIpc) is 2.42. The molecule has 0 saturated carbocycles. The molecule has 0 unspecified atom stereocenters. The summed E-state index contributed by atoms with van der Waals surface area (Å²) in [5.74, 6) is 0.543. The summed E-state index contributed by atoms with van der Waals surface area (Å²) < 4.78 is 0. The van der Waals surface area contributed by atoms with Gasteiger partial charge in [-0.2, -0.15) is 11.8 Å². The van der Waals surface area contributed by atoms with Gasteiger partial charge in [-0.15, -0.1) is 0 Å². The van der Waals surface area contributed by atoms with Gasteiger partial charge in [0.15, 0.2) is 0 Å². The van der Waals surface area contributed by atoms with Gasteiger partial charge in [-0.3, -0.25) is 0 Å². The van der Waals surface area contributed by atoms with Crippen LogP contribution in [0, 0.1) is 0 Å². The number of thioether (sulfide) groups is 1. The van der Waals surface area contributed by atoms with Crippen LogP contribution in [0.1, 0.15) is 16.8 Å². The summed E-state index contributed by atoms with van der Waals surface area (Å²) in [7, 11) is 0. The van der Waals surface area contributed by atoms with Crippen LogP contribution >= 0.6 is 11.8 Å². The van der Waals surface area contributed by atoms with Crippen LogP contribution in [0.25, 0.3) is 10.9 Å².